The molecule has 0 radical (unpaired) electrons. The van der Waals surface area contributed by atoms with Crippen LogP contribution < -0.4 is 0 Å². The zero-order valence-electron chi connectivity index (χ0n) is 3.37. The molecular formula is C2H3FN2O2. The molecular weight excluding hydrogens is 103 g/mol. The Balaban J connectivity index is 3.15. The summed E-state index contributed by atoms with van der Waals surface area (Å²) >= 11 is 0. The van der Waals surface area contributed by atoms with Gasteiger partial charge in [-0.3, -0.25) is 0 Å². The maximum absolute atomic E-state index is 11.4. The first-order valence-electron chi connectivity index (χ1n) is 1.57. The van der Waals surface area contributed by atoms with E-state index in [-0.39, 0.29) is 0 Å². The number of hydrogen-bond donors (Lipinski definition) is 0. The van der Waals surface area contributed by atoms with Crippen LogP contribution in [0.1, 0.15) is 0 Å². The molecule has 0 aromatic heterocycles. The molecule has 1 atom stereocenters. The van der Waals surface area contributed by atoms with Crippen molar-refractivity contribution >= 4 is 0 Å². The zero-order valence-corrected chi connectivity index (χ0v) is 3.37. The molecule has 0 saturated heterocycles. The average Bonchev–Trinajstić information content (AvgIpc) is 1.68. The number of hydrogen-bond acceptors (Lipinski definition) is 4. The minimum atomic E-state index is -1.96. The minimum absolute atomic E-state index is 0.677. The second kappa shape index (κ2) is 3.32. The molecule has 0 aliphatic carbocycles. The fourth-order valence-electron chi connectivity index (χ4n) is 0.0948. The van der Waals surface area contributed by atoms with E-state index in [0.717, 1.165) is 0 Å². The number of alkyl halides is 1. The molecule has 1 unspecified atom stereocenters. The number of rotatable bonds is 3. The molecule has 0 aliphatic heterocycles. The second-order valence-electron chi connectivity index (χ2n) is 0.852. The van der Waals surface area contributed by atoms with Crippen molar-refractivity contribution in [2.24, 2.45) is 10.4 Å². The average molecular weight is 106 g/mol. The SMILES string of the molecule is O=NCC(F)N=O. The molecule has 0 aliphatic rings. The van der Waals surface area contributed by atoms with Gasteiger partial charge in [-0.05, 0) is 5.18 Å². The Hall–Kier alpha value is -0.870. The normalized spacial score (nSPS) is 12.7. The summed E-state index contributed by atoms with van der Waals surface area (Å²) in [6.07, 6.45) is -1.96. The molecule has 0 aromatic carbocycles. The molecule has 0 amide bonds. The third-order valence-electron chi connectivity index (χ3n) is 0.340. The van der Waals surface area contributed by atoms with Gasteiger partial charge in [0.2, 0.25) is 0 Å². The first-order valence-corrected chi connectivity index (χ1v) is 1.57. The Morgan fingerprint density at radius 3 is 2.29 bits per heavy atom. The number of halogens is 1. The highest BCUT2D eigenvalue weighted by Crippen LogP contribution is 1.89. The topological polar surface area (TPSA) is 58.9 Å². The summed E-state index contributed by atoms with van der Waals surface area (Å²) in [5, 5.41) is 3.96. The van der Waals surface area contributed by atoms with Crippen molar-refractivity contribution in [3.63, 3.8) is 0 Å². The van der Waals surface area contributed by atoms with Gasteiger partial charge in [-0.15, -0.1) is 4.91 Å². The summed E-state index contributed by atoms with van der Waals surface area (Å²) < 4.78 is 11.4. The molecule has 0 aromatic rings. The number of nitrogens with zero attached hydrogens (tertiary/aromatic N) is 2. The van der Waals surface area contributed by atoms with Crippen molar-refractivity contribution in [1.82, 2.24) is 0 Å². The minimum Gasteiger partial charge on any atom is -0.216 e. The highest BCUT2D eigenvalue weighted by molar-refractivity contribution is 4.51. The van der Waals surface area contributed by atoms with E-state index in [1.165, 1.54) is 0 Å². The molecule has 0 heterocycles. The van der Waals surface area contributed by atoms with Crippen molar-refractivity contribution in [1.29, 1.82) is 0 Å². The molecule has 4 nitrogen and oxygen atoms in total. The highest BCUT2D eigenvalue weighted by atomic mass is 19.1. The molecule has 0 spiro atoms. The van der Waals surface area contributed by atoms with Crippen molar-refractivity contribution in [3.05, 3.63) is 9.81 Å². The quantitative estimate of drug-likeness (QED) is 0.395. The third-order valence-corrected chi connectivity index (χ3v) is 0.340. The van der Waals surface area contributed by atoms with Gasteiger partial charge in [0.25, 0.3) is 6.30 Å². The summed E-state index contributed by atoms with van der Waals surface area (Å²) in [7, 11) is 0. The van der Waals surface area contributed by atoms with Gasteiger partial charge in [0.1, 0.15) is 6.54 Å². The van der Waals surface area contributed by atoms with Crippen LogP contribution >= 0.6 is 0 Å². The van der Waals surface area contributed by atoms with E-state index in [1.807, 2.05) is 5.18 Å². The van der Waals surface area contributed by atoms with Gasteiger partial charge in [0.15, 0.2) is 0 Å². The van der Waals surface area contributed by atoms with E-state index in [0.29, 0.717) is 0 Å². The summed E-state index contributed by atoms with van der Waals surface area (Å²) in [6, 6.07) is 0. The van der Waals surface area contributed by atoms with Crippen LogP contribution in [-0.2, 0) is 0 Å². The fourth-order valence-corrected chi connectivity index (χ4v) is 0.0948. The molecule has 0 bridgehead atoms. The van der Waals surface area contributed by atoms with E-state index in [9.17, 15) is 4.39 Å². The molecule has 5 heteroatoms. The molecule has 7 heavy (non-hydrogen) atoms. The zero-order chi connectivity index (χ0) is 5.70. The lowest BCUT2D eigenvalue weighted by Gasteiger charge is -1.82. The highest BCUT2D eigenvalue weighted by Gasteiger charge is 2.01. The lowest BCUT2D eigenvalue weighted by atomic mass is 10.6. The fraction of sp³-hybridized carbons (Fsp3) is 1.00. The van der Waals surface area contributed by atoms with Gasteiger partial charge in [0.05, 0.1) is 0 Å². The first kappa shape index (κ1) is 6.13. The van der Waals surface area contributed by atoms with Gasteiger partial charge < -0.3 is 0 Å². The van der Waals surface area contributed by atoms with E-state index in [1.54, 1.807) is 0 Å². The van der Waals surface area contributed by atoms with Gasteiger partial charge in [-0.25, -0.2) is 4.39 Å². The van der Waals surface area contributed by atoms with Crippen LogP contribution in [0.4, 0.5) is 4.39 Å². The predicted octanol–water partition coefficient (Wildman–Crippen LogP) is 0.815. The summed E-state index contributed by atoms with van der Waals surface area (Å²) in [5.74, 6) is 0. The third kappa shape index (κ3) is 2.95. The standard InChI is InChI=1S/C2H3FN2O2/c3-2(5-7)1-4-6/h2H,1H2. The van der Waals surface area contributed by atoms with Gasteiger partial charge in [-0.2, -0.15) is 4.91 Å². The van der Waals surface area contributed by atoms with Gasteiger partial charge >= 0.3 is 0 Å². The van der Waals surface area contributed by atoms with E-state index in [2.05, 4.69) is 5.18 Å². The lowest BCUT2D eigenvalue weighted by Crippen LogP contribution is -1.96. The molecule has 0 fully saturated rings. The van der Waals surface area contributed by atoms with Crippen LogP contribution in [0.15, 0.2) is 10.4 Å². The molecule has 0 N–H and O–H groups in total. The molecule has 0 rings (SSSR count). The van der Waals surface area contributed by atoms with Crippen LogP contribution in [0.25, 0.3) is 0 Å². The Labute approximate surface area is 38.7 Å². The van der Waals surface area contributed by atoms with Gasteiger partial charge in [-0.1, -0.05) is 5.18 Å². The van der Waals surface area contributed by atoms with Crippen LogP contribution in [0.2, 0.25) is 0 Å². The molecule has 40 valence electrons. The van der Waals surface area contributed by atoms with Crippen LogP contribution in [0, 0.1) is 9.81 Å². The maximum Gasteiger partial charge on any atom is 0.253 e. The summed E-state index contributed by atoms with van der Waals surface area (Å²) in [6.45, 7) is -0.677. The predicted molar refractivity (Wildman–Crippen MR) is 21.4 cm³/mol. The Morgan fingerprint density at radius 1 is 1.57 bits per heavy atom. The lowest BCUT2D eigenvalue weighted by molar-refractivity contribution is 0.353. The second-order valence-corrected chi connectivity index (χ2v) is 0.852. The largest absolute Gasteiger partial charge is 0.253 e. The van der Waals surface area contributed by atoms with Crippen molar-refractivity contribution in [2.75, 3.05) is 6.54 Å². The Kier molecular flexibility index (Phi) is 2.91. The van der Waals surface area contributed by atoms with Crippen LogP contribution in [0.3, 0.4) is 0 Å². The van der Waals surface area contributed by atoms with Crippen molar-refractivity contribution in [3.8, 4) is 0 Å². The first-order chi connectivity index (χ1) is 3.31. The van der Waals surface area contributed by atoms with Crippen molar-refractivity contribution < 1.29 is 4.39 Å². The van der Waals surface area contributed by atoms with E-state index >= 15 is 0 Å². The smallest absolute Gasteiger partial charge is 0.216 e. The Morgan fingerprint density at radius 2 is 2.14 bits per heavy atom. The van der Waals surface area contributed by atoms with E-state index in [4.69, 9.17) is 9.81 Å². The van der Waals surface area contributed by atoms with Crippen LogP contribution in [-0.4, -0.2) is 12.8 Å². The maximum atomic E-state index is 11.4. The molecule has 0 saturated carbocycles. The van der Waals surface area contributed by atoms with E-state index < -0.39 is 12.8 Å². The number of nitroso groups, excluding NO2 is 2. The monoisotopic (exact) mass is 106 g/mol. The summed E-state index contributed by atoms with van der Waals surface area (Å²) in [4.78, 5) is 18.2. The summed E-state index contributed by atoms with van der Waals surface area (Å²) in [5.41, 5.74) is 0. The van der Waals surface area contributed by atoms with Crippen molar-refractivity contribution in [2.45, 2.75) is 6.30 Å². The van der Waals surface area contributed by atoms with Gasteiger partial charge in [0, 0.05) is 0 Å². The Bertz CT molecular complexity index is 76.1. The van der Waals surface area contributed by atoms with Crippen LogP contribution in [0.5, 0.6) is 0 Å².